The third kappa shape index (κ3) is 2.90. The molecule has 1 aliphatic carbocycles. The Kier molecular flexibility index (Phi) is 4.14. The highest BCUT2D eigenvalue weighted by molar-refractivity contribution is 5.37. The Balaban J connectivity index is 1.75. The molecule has 2 fully saturated rings. The van der Waals surface area contributed by atoms with Gasteiger partial charge in [-0.1, -0.05) is 38.1 Å². The number of piperidine rings is 1. The van der Waals surface area contributed by atoms with E-state index in [-0.39, 0.29) is 0 Å². The summed E-state index contributed by atoms with van der Waals surface area (Å²) in [6.07, 6.45) is 5.62. The minimum absolute atomic E-state index is 0.536. The van der Waals surface area contributed by atoms with Gasteiger partial charge in [0, 0.05) is 6.04 Å². The normalized spacial score (nSPS) is 23.0. The van der Waals surface area contributed by atoms with E-state index in [9.17, 15) is 0 Å². The summed E-state index contributed by atoms with van der Waals surface area (Å²) in [6, 6.07) is 10.2. The zero-order chi connectivity index (χ0) is 15.0. The summed E-state index contributed by atoms with van der Waals surface area (Å²) in [5, 5.41) is 0. The summed E-state index contributed by atoms with van der Waals surface area (Å²) < 4.78 is 0. The first-order valence-electron chi connectivity index (χ1n) is 8.87. The summed E-state index contributed by atoms with van der Waals surface area (Å²) in [5.41, 5.74) is 3.68. The Morgan fingerprint density at radius 2 is 1.71 bits per heavy atom. The molecule has 1 nitrogen and oxygen atoms in total. The zero-order valence-corrected chi connectivity index (χ0v) is 14.2. The molecule has 0 bridgehead atoms. The molecule has 0 N–H and O–H groups in total. The lowest BCUT2D eigenvalue weighted by molar-refractivity contribution is 0.132. The molecule has 0 radical (unpaired) electrons. The highest BCUT2D eigenvalue weighted by Crippen LogP contribution is 2.57. The summed E-state index contributed by atoms with van der Waals surface area (Å²) >= 11 is 0. The molecule has 1 aromatic rings. The van der Waals surface area contributed by atoms with Crippen LogP contribution in [-0.4, -0.2) is 24.0 Å². The predicted octanol–water partition coefficient (Wildman–Crippen LogP) is 4.96. The highest BCUT2D eigenvalue weighted by Gasteiger charge is 2.50. The van der Waals surface area contributed by atoms with Crippen LogP contribution < -0.4 is 0 Å². The van der Waals surface area contributed by atoms with E-state index < -0.39 is 0 Å². The molecule has 1 heteroatoms. The van der Waals surface area contributed by atoms with Crippen molar-refractivity contribution in [3.05, 3.63) is 35.4 Å². The molecule has 3 rings (SSSR count). The fraction of sp³-hybridized carbons (Fsp3) is 0.700. The van der Waals surface area contributed by atoms with Crippen LogP contribution in [0.4, 0.5) is 0 Å². The van der Waals surface area contributed by atoms with Gasteiger partial charge in [0.15, 0.2) is 0 Å². The molecule has 0 unspecified atom stereocenters. The molecule has 2 aliphatic rings. The zero-order valence-electron chi connectivity index (χ0n) is 14.2. The molecule has 0 aromatic heterocycles. The van der Waals surface area contributed by atoms with Gasteiger partial charge in [0.2, 0.25) is 0 Å². The van der Waals surface area contributed by atoms with Crippen LogP contribution in [-0.2, 0) is 5.41 Å². The smallest absolute Gasteiger partial charge is 0.00385 e. The lowest BCUT2D eigenvalue weighted by Crippen LogP contribution is -2.41. The first kappa shape index (κ1) is 15.1. The number of benzene rings is 1. The Bertz CT molecular complexity index is 476. The van der Waals surface area contributed by atoms with Crippen LogP contribution in [0.25, 0.3) is 0 Å². The third-order valence-electron chi connectivity index (χ3n) is 5.96. The van der Waals surface area contributed by atoms with Crippen molar-refractivity contribution in [3.63, 3.8) is 0 Å². The van der Waals surface area contributed by atoms with Crippen LogP contribution in [0.3, 0.4) is 0 Å². The van der Waals surface area contributed by atoms with Crippen LogP contribution in [0.5, 0.6) is 0 Å². The summed E-state index contributed by atoms with van der Waals surface area (Å²) in [4.78, 5) is 2.65. The van der Waals surface area contributed by atoms with Gasteiger partial charge in [0.05, 0.1) is 0 Å². The minimum atomic E-state index is 0.536. The van der Waals surface area contributed by atoms with Gasteiger partial charge in [-0.25, -0.2) is 0 Å². The molecule has 21 heavy (non-hydrogen) atoms. The van der Waals surface area contributed by atoms with Crippen LogP contribution in [0.1, 0.15) is 70.4 Å². The molecule has 0 amide bonds. The molecule has 1 aromatic carbocycles. The van der Waals surface area contributed by atoms with Crippen molar-refractivity contribution in [3.8, 4) is 0 Å². The fourth-order valence-corrected chi connectivity index (χ4v) is 4.24. The first-order chi connectivity index (χ1) is 10.0. The summed E-state index contributed by atoms with van der Waals surface area (Å²) in [7, 11) is 0. The van der Waals surface area contributed by atoms with Crippen molar-refractivity contribution in [2.45, 2.75) is 70.8 Å². The third-order valence-corrected chi connectivity index (χ3v) is 5.96. The molecular weight excluding hydrogens is 254 g/mol. The van der Waals surface area contributed by atoms with E-state index in [0.29, 0.717) is 17.4 Å². The maximum absolute atomic E-state index is 2.65. The standard InChI is InChI=1S/C20H31N/c1-15(2)17-6-5-7-19(14-17)20(10-11-20)18-8-12-21(13-9-18)16(3)4/h5-7,14-16,18H,8-13H2,1-4H3. The average Bonchev–Trinajstić information content (AvgIpc) is 3.29. The number of hydrogen-bond donors (Lipinski definition) is 0. The van der Waals surface area contributed by atoms with E-state index in [0.717, 1.165) is 5.92 Å². The molecule has 0 spiro atoms. The number of nitrogens with zero attached hydrogens (tertiary/aromatic N) is 1. The lowest BCUT2D eigenvalue weighted by Gasteiger charge is -2.38. The van der Waals surface area contributed by atoms with E-state index in [1.807, 2.05) is 0 Å². The van der Waals surface area contributed by atoms with Crippen LogP contribution in [0.2, 0.25) is 0 Å². The summed E-state index contributed by atoms with van der Waals surface area (Å²) in [5.74, 6) is 1.55. The van der Waals surface area contributed by atoms with Crippen LogP contribution >= 0.6 is 0 Å². The van der Waals surface area contributed by atoms with Crippen molar-refractivity contribution in [2.75, 3.05) is 13.1 Å². The molecular formula is C20H31N. The Hall–Kier alpha value is -0.820. The second-order valence-corrected chi connectivity index (χ2v) is 7.84. The molecule has 1 heterocycles. The largest absolute Gasteiger partial charge is 0.301 e. The van der Waals surface area contributed by atoms with Crippen molar-refractivity contribution >= 4 is 0 Å². The molecule has 1 aliphatic heterocycles. The van der Waals surface area contributed by atoms with Gasteiger partial charge in [-0.15, -0.1) is 0 Å². The SMILES string of the molecule is CC(C)c1cccc(C2(C3CCN(C(C)C)CC3)CC2)c1. The minimum Gasteiger partial charge on any atom is -0.301 e. The lowest BCUT2D eigenvalue weighted by atomic mass is 9.76. The first-order valence-corrected chi connectivity index (χ1v) is 8.87. The topological polar surface area (TPSA) is 3.24 Å². The predicted molar refractivity (Wildman–Crippen MR) is 90.9 cm³/mol. The van der Waals surface area contributed by atoms with Gasteiger partial charge >= 0.3 is 0 Å². The number of likely N-dealkylation sites (tertiary alicyclic amines) is 1. The van der Waals surface area contributed by atoms with Gasteiger partial charge in [0.25, 0.3) is 0 Å². The van der Waals surface area contributed by atoms with Crippen molar-refractivity contribution in [2.24, 2.45) is 5.92 Å². The van der Waals surface area contributed by atoms with E-state index in [1.54, 1.807) is 5.56 Å². The van der Waals surface area contributed by atoms with Crippen molar-refractivity contribution in [1.82, 2.24) is 4.90 Å². The van der Waals surface area contributed by atoms with Gasteiger partial charge in [0.1, 0.15) is 0 Å². The van der Waals surface area contributed by atoms with Crippen molar-refractivity contribution < 1.29 is 0 Å². The van der Waals surface area contributed by atoms with E-state index in [2.05, 4.69) is 56.9 Å². The Labute approximate surface area is 130 Å². The summed E-state index contributed by atoms with van der Waals surface area (Å²) in [6.45, 7) is 11.9. The quantitative estimate of drug-likeness (QED) is 0.755. The van der Waals surface area contributed by atoms with Gasteiger partial charge < -0.3 is 4.90 Å². The van der Waals surface area contributed by atoms with Crippen molar-refractivity contribution in [1.29, 1.82) is 0 Å². The monoisotopic (exact) mass is 285 g/mol. The van der Waals surface area contributed by atoms with Gasteiger partial charge in [-0.2, -0.15) is 0 Å². The maximum Gasteiger partial charge on any atom is 0.00385 e. The van der Waals surface area contributed by atoms with Gasteiger partial charge in [-0.05, 0) is 81.0 Å². The maximum atomic E-state index is 2.65. The Morgan fingerprint density at radius 1 is 1.05 bits per heavy atom. The van der Waals surface area contributed by atoms with E-state index >= 15 is 0 Å². The average molecular weight is 285 g/mol. The van der Waals surface area contributed by atoms with E-state index in [4.69, 9.17) is 0 Å². The van der Waals surface area contributed by atoms with Crippen LogP contribution in [0.15, 0.2) is 24.3 Å². The van der Waals surface area contributed by atoms with Crippen LogP contribution in [0, 0.1) is 5.92 Å². The number of hydrogen-bond acceptors (Lipinski definition) is 1. The highest BCUT2D eigenvalue weighted by atomic mass is 15.1. The van der Waals surface area contributed by atoms with E-state index in [1.165, 1.54) is 44.3 Å². The molecule has 1 saturated heterocycles. The molecule has 0 atom stereocenters. The van der Waals surface area contributed by atoms with Gasteiger partial charge in [-0.3, -0.25) is 0 Å². The number of rotatable bonds is 4. The molecule has 1 saturated carbocycles. The fourth-order valence-electron chi connectivity index (χ4n) is 4.24. The Morgan fingerprint density at radius 3 is 2.24 bits per heavy atom. The second-order valence-electron chi connectivity index (χ2n) is 7.84. The second kappa shape index (κ2) is 5.76. The molecule has 116 valence electrons.